The Hall–Kier alpha value is -0.730. The van der Waals surface area contributed by atoms with E-state index in [2.05, 4.69) is 15.9 Å². The van der Waals surface area contributed by atoms with Gasteiger partial charge in [-0.3, -0.25) is 0 Å². The highest BCUT2D eigenvalue weighted by atomic mass is 79.9. The van der Waals surface area contributed by atoms with Gasteiger partial charge in [-0.15, -0.1) is 0 Å². The molecule has 14 heavy (non-hydrogen) atoms. The molecular formula is C8H2BrClF3N. The summed E-state index contributed by atoms with van der Waals surface area (Å²) < 4.78 is 36.7. The third-order valence-corrected chi connectivity index (χ3v) is 2.40. The SMILES string of the molecule is N#Cc1c(Cl)cc(C(F)(F)F)cc1Br. The second-order valence-corrected chi connectivity index (χ2v) is 3.69. The van der Waals surface area contributed by atoms with Crippen molar-refractivity contribution in [1.82, 2.24) is 0 Å². The Labute approximate surface area is 91.2 Å². The highest BCUT2D eigenvalue weighted by Gasteiger charge is 2.31. The third-order valence-electron chi connectivity index (χ3n) is 1.48. The summed E-state index contributed by atoms with van der Waals surface area (Å²) in [5, 5.41) is 8.33. The molecular weight excluding hydrogens is 282 g/mol. The molecule has 6 heteroatoms. The van der Waals surface area contributed by atoms with Gasteiger partial charge in [0.2, 0.25) is 0 Å². The fourth-order valence-electron chi connectivity index (χ4n) is 0.844. The minimum atomic E-state index is -4.46. The van der Waals surface area contributed by atoms with Crippen molar-refractivity contribution < 1.29 is 13.2 Å². The van der Waals surface area contributed by atoms with E-state index in [9.17, 15) is 13.2 Å². The minimum absolute atomic E-state index is 0.000309. The maximum atomic E-state index is 12.2. The zero-order valence-electron chi connectivity index (χ0n) is 6.49. The molecule has 1 aromatic rings. The number of benzene rings is 1. The van der Waals surface area contributed by atoms with Gasteiger partial charge in [0.05, 0.1) is 16.1 Å². The van der Waals surface area contributed by atoms with Crippen molar-refractivity contribution in [3.63, 3.8) is 0 Å². The molecule has 74 valence electrons. The van der Waals surface area contributed by atoms with Gasteiger partial charge in [0, 0.05) is 4.47 Å². The number of halogens is 5. The Morgan fingerprint density at radius 3 is 2.29 bits per heavy atom. The molecule has 1 aromatic carbocycles. The third kappa shape index (κ3) is 2.20. The molecule has 0 aromatic heterocycles. The molecule has 0 N–H and O–H groups in total. The highest BCUT2D eigenvalue weighted by molar-refractivity contribution is 9.10. The topological polar surface area (TPSA) is 23.8 Å². The van der Waals surface area contributed by atoms with Crippen molar-refractivity contribution in [2.45, 2.75) is 6.18 Å². The maximum Gasteiger partial charge on any atom is 0.416 e. The Kier molecular flexibility index (Phi) is 3.07. The summed E-state index contributed by atoms with van der Waals surface area (Å²) in [6, 6.07) is 3.25. The van der Waals surface area contributed by atoms with Crippen molar-refractivity contribution >= 4 is 27.5 Å². The smallest absolute Gasteiger partial charge is 0.192 e. The van der Waals surface area contributed by atoms with Gasteiger partial charge in [-0.25, -0.2) is 0 Å². The summed E-state index contributed by atoms with van der Waals surface area (Å²) in [6.45, 7) is 0. The van der Waals surface area contributed by atoms with Crippen LogP contribution in [0.5, 0.6) is 0 Å². The monoisotopic (exact) mass is 283 g/mol. The molecule has 1 nitrogen and oxygen atoms in total. The fourth-order valence-corrected chi connectivity index (χ4v) is 1.77. The quantitative estimate of drug-likeness (QED) is 0.706. The summed E-state index contributed by atoms with van der Waals surface area (Å²) >= 11 is 8.33. The lowest BCUT2D eigenvalue weighted by molar-refractivity contribution is -0.137. The van der Waals surface area contributed by atoms with Crippen LogP contribution in [-0.2, 0) is 6.18 Å². The molecule has 0 unspecified atom stereocenters. The lowest BCUT2D eigenvalue weighted by Gasteiger charge is -2.08. The van der Waals surface area contributed by atoms with E-state index in [1.807, 2.05) is 0 Å². The van der Waals surface area contributed by atoms with Crippen molar-refractivity contribution in [2.75, 3.05) is 0 Å². The standard InChI is InChI=1S/C8H2BrClF3N/c9-6-1-4(8(11,12)13)2-7(10)5(6)3-14/h1-2H. The number of hydrogen-bond acceptors (Lipinski definition) is 1. The second kappa shape index (κ2) is 3.79. The number of nitrogens with zero attached hydrogens (tertiary/aromatic N) is 1. The van der Waals surface area contributed by atoms with Crippen molar-refractivity contribution in [3.8, 4) is 6.07 Å². The molecule has 1 rings (SSSR count). The molecule has 0 fully saturated rings. The van der Waals surface area contributed by atoms with Gasteiger partial charge in [0.25, 0.3) is 0 Å². The minimum Gasteiger partial charge on any atom is -0.192 e. The first kappa shape index (κ1) is 11.3. The van der Waals surface area contributed by atoms with E-state index in [1.165, 1.54) is 0 Å². The van der Waals surface area contributed by atoms with E-state index in [-0.39, 0.29) is 15.1 Å². The van der Waals surface area contributed by atoms with Crippen molar-refractivity contribution in [2.24, 2.45) is 0 Å². The van der Waals surface area contributed by atoms with Crippen LogP contribution in [0.2, 0.25) is 5.02 Å². The average molecular weight is 284 g/mol. The van der Waals surface area contributed by atoms with Crippen LogP contribution in [0.3, 0.4) is 0 Å². The molecule has 0 amide bonds. The highest BCUT2D eigenvalue weighted by Crippen LogP contribution is 2.35. The van der Waals surface area contributed by atoms with Crippen molar-refractivity contribution in [1.29, 1.82) is 5.26 Å². The van der Waals surface area contributed by atoms with Gasteiger partial charge in [0.1, 0.15) is 6.07 Å². The summed E-state index contributed by atoms with van der Waals surface area (Å²) in [5.74, 6) is 0. The lowest BCUT2D eigenvalue weighted by Crippen LogP contribution is -2.05. The van der Waals surface area contributed by atoms with Gasteiger partial charge in [-0.05, 0) is 28.1 Å². The Bertz CT molecular complexity index is 385. The van der Waals surface area contributed by atoms with Crippen LogP contribution < -0.4 is 0 Å². The average Bonchev–Trinajstić information content (AvgIpc) is 2.01. The van der Waals surface area contributed by atoms with Gasteiger partial charge in [-0.2, -0.15) is 18.4 Å². The van der Waals surface area contributed by atoms with E-state index in [4.69, 9.17) is 16.9 Å². The van der Waals surface area contributed by atoms with Crippen LogP contribution in [0.25, 0.3) is 0 Å². The summed E-state index contributed by atoms with van der Waals surface area (Å²) in [7, 11) is 0. The summed E-state index contributed by atoms with van der Waals surface area (Å²) in [5.41, 5.74) is -0.881. The molecule has 0 saturated carbocycles. The summed E-state index contributed by atoms with van der Waals surface area (Å²) in [6.07, 6.45) is -4.46. The molecule has 0 heterocycles. The Morgan fingerprint density at radius 1 is 1.36 bits per heavy atom. The molecule has 0 aliphatic rings. The van der Waals surface area contributed by atoms with Gasteiger partial charge >= 0.3 is 6.18 Å². The molecule has 0 aliphatic carbocycles. The number of nitriles is 1. The Morgan fingerprint density at radius 2 is 1.93 bits per heavy atom. The van der Waals surface area contributed by atoms with Crippen LogP contribution in [0.15, 0.2) is 16.6 Å². The first-order chi connectivity index (χ1) is 6.36. The van der Waals surface area contributed by atoms with Gasteiger partial charge in [0.15, 0.2) is 0 Å². The first-order valence-electron chi connectivity index (χ1n) is 3.32. The van der Waals surface area contributed by atoms with E-state index in [0.29, 0.717) is 0 Å². The Balaban J connectivity index is 3.37. The number of rotatable bonds is 0. The molecule has 0 aliphatic heterocycles. The fraction of sp³-hybridized carbons (Fsp3) is 0.125. The van der Waals surface area contributed by atoms with E-state index in [1.54, 1.807) is 6.07 Å². The van der Waals surface area contributed by atoms with E-state index < -0.39 is 11.7 Å². The predicted molar refractivity (Wildman–Crippen MR) is 48.9 cm³/mol. The van der Waals surface area contributed by atoms with Gasteiger partial charge in [-0.1, -0.05) is 11.6 Å². The van der Waals surface area contributed by atoms with Crippen LogP contribution >= 0.6 is 27.5 Å². The van der Waals surface area contributed by atoms with E-state index >= 15 is 0 Å². The zero-order valence-corrected chi connectivity index (χ0v) is 8.83. The molecule has 0 bridgehead atoms. The second-order valence-electron chi connectivity index (χ2n) is 2.42. The maximum absolute atomic E-state index is 12.2. The lowest BCUT2D eigenvalue weighted by atomic mass is 10.1. The number of alkyl halides is 3. The molecule has 0 spiro atoms. The van der Waals surface area contributed by atoms with Crippen LogP contribution in [-0.4, -0.2) is 0 Å². The molecule has 0 atom stereocenters. The molecule has 0 radical (unpaired) electrons. The van der Waals surface area contributed by atoms with Crippen LogP contribution in [0, 0.1) is 11.3 Å². The van der Waals surface area contributed by atoms with Gasteiger partial charge < -0.3 is 0 Å². The van der Waals surface area contributed by atoms with Crippen LogP contribution in [0.1, 0.15) is 11.1 Å². The van der Waals surface area contributed by atoms with Crippen molar-refractivity contribution in [3.05, 3.63) is 32.8 Å². The summed E-state index contributed by atoms with van der Waals surface area (Å²) in [4.78, 5) is 0. The van der Waals surface area contributed by atoms with E-state index in [0.717, 1.165) is 12.1 Å². The number of hydrogen-bond donors (Lipinski definition) is 0. The predicted octanol–water partition coefficient (Wildman–Crippen LogP) is 3.99. The normalized spacial score (nSPS) is 11.1. The zero-order chi connectivity index (χ0) is 10.9. The molecule has 0 saturated heterocycles. The van der Waals surface area contributed by atoms with Crippen LogP contribution in [0.4, 0.5) is 13.2 Å². The largest absolute Gasteiger partial charge is 0.416 e. The first-order valence-corrected chi connectivity index (χ1v) is 4.49.